The van der Waals surface area contributed by atoms with Crippen LogP contribution in [0.4, 0.5) is 4.79 Å². The van der Waals surface area contributed by atoms with Gasteiger partial charge < -0.3 is 11.1 Å². The number of amides is 2. The molecule has 0 aliphatic heterocycles. The van der Waals surface area contributed by atoms with Crippen molar-refractivity contribution in [2.75, 3.05) is 6.54 Å². The molecule has 2 amide bonds. The summed E-state index contributed by atoms with van der Waals surface area (Å²) in [7, 11) is 0. The monoisotopic (exact) mass is 322 g/mol. The third kappa shape index (κ3) is 7.68. The highest BCUT2D eigenvalue weighted by molar-refractivity contribution is 8.11. The summed E-state index contributed by atoms with van der Waals surface area (Å²) in [4.78, 5) is 25.0. The maximum absolute atomic E-state index is 11.8. The average Bonchev–Trinajstić information content (AvgIpc) is 2.51. The van der Waals surface area contributed by atoms with Gasteiger partial charge in [-0.05, 0) is 12.0 Å². The van der Waals surface area contributed by atoms with E-state index in [-0.39, 0.29) is 5.91 Å². The van der Waals surface area contributed by atoms with Gasteiger partial charge in [-0.2, -0.15) is 5.10 Å². The van der Waals surface area contributed by atoms with Crippen molar-refractivity contribution in [1.29, 1.82) is 0 Å². The molecule has 0 bridgehead atoms. The second-order valence-corrected chi connectivity index (χ2v) is 5.43. The number of nitrogens with zero attached hydrogens (tertiary/aromatic N) is 1. The fourth-order valence-corrected chi connectivity index (χ4v) is 1.99. The van der Waals surface area contributed by atoms with E-state index in [1.165, 1.54) is 0 Å². The number of hydrogen-bond acceptors (Lipinski definition) is 5. The van der Waals surface area contributed by atoms with Crippen LogP contribution in [0, 0.1) is 0 Å². The lowest BCUT2D eigenvalue weighted by Gasteiger charge is -2.08. The van der Waals surface area contributed by atoms with Crippen LogP contribution in [0.25, 0.3) is 0 Å². The van der Waals surface area contributed by atoms with Crippen LogP contribution in [0.2, 0.25) is 0 Å². The Kier molecular flexibility index (Phi) is 8.74. The molecular formula is C15H22N4O2S. The third-order valence-electron chi connectivity index (χ3n) is 2.88. The maximum Gasteiger partial charge on any atom is 0.298 e. The Morgan fingerprint density at radius 2 is 1.95 bits per heavy atom. The van der Waals surface area contributed by atoms with E-state index in [2.05, 4.69) is 22.2 Å². The Bertz CT molecular complexity index is 506. The summed E-state index contributed by atoms with van der Waals surface area (Å²) in [5.41, 5.74) is 6.65. The zero-order valence-electron chi connectivity index (χ0n) is 12.7. The number of benzene rings is 1. The van der Waals surface area contributed by atoms with Crippen molar-refractivity contribution in [3.05, 3.63) is 35.9 Å². The van der Waals surface area contributed by atoms with E-state index >= 15 is 0 Å². The number of hydrogen-bond donors (Lipinski definition) is 3. The molecule has 0 saturated heterocycles. The van der Waals surface area contributed by atoms with Crippen LogP contribution in [0.3, 0.4) is 0 Å². The van der Waals surface area contributed by atoms with Gasteiger partial charge in [0.15, 0.2) is 0 Å². The Hall–Kier alpha value is -2.02. The van der Waals surface area contributed by atoms with Gasteiger partial charge in [-0.1, -0.05) is 43.7 Å². The molecule has 1 aromatic carbocycles. The second kappa shape index (κ2) is 10.7. The van der Waals surface area contributed by atoms with Crippen molar-refractivity contribution in [3.8, 4) is 0 Å². The van der Waals surface area contributed by atoms with E-state index in [1.807, 2.05) is 30.3 Å². The zero-order chi connectivity index (χ0) is 16.2. The summed E-state index contributed by atoms with van der Waals surface area (Å²) in [5.74, 6) is -0.000338. The minimum absolute atomic E-state index is 0.000338. The van der Waals surface area contributed by atoms with Gasteiger partial charge in [0, 0.05) is 19.4 Å². The first-order valence-electron chi connectivity index (χ1n) is 7.23. The predicted molar refractivity (Wildman–Crippen MR) is 90.4 cm³/mol. The molecule has 0 heterocycles. The fourth-order valence-electron chi connectivity index (χ4n) is 1.74. The van der Waals surface area contributed by atoms with Crippen molar-refractivity contribution in [3.63, 3.8) is 0 Å². The topological polar surface area (TPSA) is 96.6 Å². The summed E-state index contributed by atoms with van der Waals surface area (Å²) >= 11 is 0.706. The molecule has 0 atom stereocenters. The molecule has 0 fully saturated rings. The highest BCUT2D eigenvalue weighted by Gasteiger charge is 2.08. The van der Waals surface area contributed by atoms with Crippen LogP contribution < -0.4 is 15.9 Å². The van der Waals surface area contributed by atoms with Crippen molar-refractivity contribution in [2.45, 2.75) is 32.6 Å². The van der Waals surface area contributed by atoms with Gasteiger partial charge in [0.2, 0.25) is 5.91 Å². The van der Waals surface area contributed by atoms with Crippen LogP contribution in [-0.4, -0.2) is 23.4 Å². The van der Waals surface area contributed by atoms with E-state index in [0.717, 1.165) is 18.4 Å². The summed E-state index contributed by atoms with van der Waals surface area (Å²) in [5, 5.41) is 6.46. The number of primary amides is 1. The predicted octanol–water partition coefficient (Wildman–Crippen LogP) is 2.40. The van der Waals surface area contributed by atoms with Gasteiger partial charge >= 0.3 is 0 Å². The van der Waals surface area contributed by atoms with Gasteiger partial charge in [-0.25, -0.2) is 4.83 Å². The largest absolute Gasteiger partial charge is 0.359 e. The molecule has 120 valence electrons. The number of nitrogens with two attached hydrogens (primary N) is 1. The van der Waals surface area contributed by atoms with E-state index in [4.69, 9.17) is 5.73 Å². The number of carbonyl (C=O) groups is 2. The normalized spacial score (nSPS) is 11.0. The molecule has 0 unspecified atom stereocenters. The molecule has 6 nitrogen and oxygen atoms in total. The molecule has 1 aromatic rings. The van der Waals surface area contributed by atoms with Crippen LogP contribution in [0.5, 0.6) is 0 Å². The Morgan fingerprint density at radius 3 is 2.59 bits per heavy atom. The summed E-state index contributed by atoms with van der Waals surface area (Å²) < 4.78 is 0. The molecule has 0 saturated carbocycles. The Morgan fingerprint density at radius 1 is 1.23 bits per heavy atom. The average molecular weight is 322 g/mol. The fraction of sp³-hybridized carbons (Fsp3) is 0.400. The highest BCUT2D eigenvalue weighted by Crippen LogP contribution is 2.07. The number of unbranched alkanes of at least 4 members (excludes halogenated alkanes) is 1. The standard InChI is InChI=1S/C15H22N4O2S/c1-2-3-11-17-14(20)10-9-13(18-19-22-15(16)21)12-7-5-4-6-8-12/h4-8,19H,2-3,9-11H2,1H3,(H2,16,21)(H,17,20). The van der Waals surface area contributed by atoms with Gasteiger partial charge in [0.05, 0.1) is 17.7 Å². The van der Waals surface area contributed by atoms with Crippen LogP contribution >= 0.6 is 11.9 Å². The smallest absolute Gasteiger partial charge is 0.298 e. The number of rotatable bonds is 9. The van der Waals surface area contributed by atoms with E-state index in [9.17, 15) is 9.59 Å². The first-order valence-corrected chi connectivity index (χ1v) is 8.05. The van der Waals surface area contributed by atoms with E-state index in [0.29, 0.717) is 37.0 Å². The van der Waals surface area contributed by atoms with Crippen molar-refractivity contribution in [1.82, 2.24) is 10.1 Å². The Balaban J connectivity index is 2.59. The van der Waals surface area contributed by atoms with Gasteiger partial charge in [0.1, 0.15) is 0 Å². The zero-order valence-corrected chi connectivity index (χ0v) is 13.5. The van der Waals surface area contributed by atoms with Crippen LogP contribution in [-0.2, 0) is 4.79 Å². The molecule has 0 spiro atoms. The van der Waals surface area contributed by atoms with E-state index < -0.39 is 5.24 Å². The molecule has 0 aromatic heterocycles. The van der Waals surface area contributed by atoms with Crippen molar-refractivity contribution >= 4 is 28.8 Å². The molecule has 1 rings (SSSR count). The summed E-state index contributed by atoms with van der Waals surface area (Å²) in [6.45, 7) is 2.78. The molecule has 0 aliphatic carbocycles. The minimum atomic E-state index is -0.562. The molecular weight excluding hydrogens is 300 g/mol. The van der Waals surface area contributed by atoms with Crippen LogP contribution in [0.15, 0.2) is 35.4 Å². The van der Waals surface area contributed by atoms with E-state index in [1.54, 1.807) is 0 Å². The second-order valence-electron chi connectivity index (χ2n) is 4.64. The molecule has 7 heteroatoms. The van der Waals surface area contributed by atoms with Crippen LogP contribution in [0.1, 0.15) is 38.2 Å². The minimum Gasteiger partial charge on any atom is -0.359 e. The number of carbonyl (C=O) groups excluding carboxylic acids is 2. The number of hydrazone groups is 1. The summed E-state index contributed by atoms with van der Waals surface area (Å²) in [6.07, 6.45) is 2.85. The molecule has 22 heavy (non-hydrogen) atoms. The van der Waals surface area contributed by atoms with Crippen molar-refractivity contribution in [2.24, 2.45) is 10.8 Å². The van der Waals surface area contributed by atoms with Gasteiger partial charge in [0.25, 0.3) is 5.24 Å². The third-order valence-corrected chi connectivity index (χ3v) is 3.26. The lowest BCUT2D eigenvalue weighted by atomic mass is 10.1. The first-order chi connectivity index (χ1) is 10.6. The molecule has 0 aliphatic rings. The lowest BCUT2D eigenvalue weighted by Crippen LogP contribution is -2.25. The molecule has 0 radical (unpaired) electrons. The maximum atomic E-state index is 11.8. The quantitative estimate of drug-likeness (QED) is 0.281. The number of nitrogens with one attached hydrogen (secondary N) is 2. The van der Waals surface area contributed by atoms with Crippen molar-refractivity contribution < 1.29 is 9.59 Å². The Labute approximate surface area is 135 Å². The van der Waals surface area contributed by atoms with Gasteiger partial charge in [-0.15, -0.1) is 0 Å². The molecule has 4 N–H and O–H groups in total. The highest BCUT2D eigenvalue weighted by atomic mass is 32.2. The lowest BCUT2D eigenvalue weighted by molar-refractivity contribution is -0.120. The van der Waals surface area contributed by atoms with Gasteiger partial charge in [-0.3, -0.25) is 9.59 Å². The first kappa shape index (κ1) is 18.0. The summed E-state index contributed by atoms with van der Waals surface area (Å²) in [6, 6.07) is 9.51. The SMILES string of the molecule is CCCCNC(=O)CCC(=NNSC(N)=O)c1ccccc1.